The van der Waals surface area contributed by atoms with E-state index in [0.29, 0.717) is 18.0 Å². The monoisotopic (exact) mass is 542 g/mol. The lowest BCUT2D eigenvalue weighted by molar-refractivity contribution is 0.0877. The summed E-state index contributed by atoms with van der Waals surface area (Å²) >= 11 is 0. The van der Waals surface area contributed by atoms with Crippen LogP contribution in [0.15, 0.2) is 103 Å². The summed E-state index contributed by atoms with van der Waals surface area (Å²) in [6.45, 7) is 3.59. The van der Waals surface area contributed by atoms with E-state index in [9.17, 15) is 9.59 Å². The van der Waals surface area contributed by atoms with Gasteiger partial charge in [-0.15, -0.1) is 0 Å². The summed E-state index contributed by atoms with van der Waals surface area (Å²) in [5.41, 5.74) is 7.05. The Kier molecular flexibility index (Phi) is 8.39. The minimum atomic E-state index is -0.114. The first-order valence-electron chi connectivity index (χ1n) is 15.0. The molecule has 41 heavy (non-hydrogen) atoms. The molecule has 1 atom stereocenters. The largest absolute Gasteiger partial charge is 0.348 e. The minimum Gasteiger partial charge on any atom is -0.348 e. The minimum absolute atomic E-state index is 0.0328. The Morgan fingerprint density at radius 3 is 2.22 bits per heavy atom. The summed E-state index contributed by atoms with van der Waals surface area (Å²) in [5, 5.41) is 3.13. The van der Waals surface area contributed by atoms with Crippen molar-refractivity contribution in [1.82, 2.24) is 10.2 Å². The van der Waals surface area contributed by atoms with Crippen LogP contribution in [0.3, 0.4) is 0 Å². The zero-order valence-electron chi connectivity index (χ0n) is 23.6. The second-order valence-corrected chi connectivity index (χ2v) is 11.5. The zero-order valence-corrected chi connectivity index (χ0v) is 23.6. The lowest BCUT2D eigenvalue weighted by atomic mass is 9.79. The van der Waals surface area contributed by atoms with Crippen molar-refractivity contribution < 1.29 is 9.59 Å². The van der Waals surface area contributed by atoms with Crippen LogP contribution in [0.5, 0.6) is 0 Å². The van der Waals surface area contributed by atoms with Crippen molar-refractivity contribution in [3.05, 3.63) is 131 Å². The Balaban J connectivity index is 1.06. The summed E-state index contributed by atoms with van der Waals surface area (Å²) in [4.78, 5) is 29.4. The van der Waals surface area contributed by atoms with Crippen molar-refractivity contribution in [3.8, 4) is 11.1 Å². The average Bonchev–Trinajstić information content (AvgIpc) is 3.04. The molecule has 0 aromatic heterocycles. The van der Waals surface area contributed by atoms with Gasteiger partial charge < -0.3 is 10.2 Å². The number of ketones is 1. The van der Waals surface area contributed by atoms with Crippen molar-refractivity contribution in [2.75, 3.05) is 19.6 Å². The molecule has 0 saturated carbocycles. The van der Waals surface area contributed by atoms with Gasteiger partial charge in [0.2, 0.25) is 0 Å². The highest BCUT2D eigenvalue weighted by Crippen LogP contribution is 2.32. The predicted octanol–water partition coefficient (Wildman–Crippen LogP) is 7.30. The first-order chi connectivity index (χ1) is 20.2. The van der Waals surface area contributed by atoms with Gasteiger partial charge in [-0.2, -0.15) is 0 Å². The first-order valence-corrected chi connectivity index (χ1v) is 15.0. The quantitative estimate of drug-likeness (QED) is 0.254. The molecule has 1 heterocycles. The van der Waals surface area contributed by atoms with Crippen molar-refractivity contribution in [3.63, 3.8) is 0 Å². The Morgan fingerprint density at radius 1 is 0.756 bits per heavy atom. The molecule has 2 aliphatic rings. The summed E-state index contributed by atoms with van der Waals surface area (Å²) in [6, 6.07) is 34.9. The SMILES string of the molecule is O=C(NCc1ccccc1-c1ccccc1)c1cccc2c1CCC(CCN1CCC(c3ccccc3)CC1)C2=O. The van der Waals surface area contributed by atoms with Gasteiger partial charge in [0, 0.05) is 23.6 Å². The second kappa shape index (κ2) is 12.7. The van der Waals surface area contributed by atoms with E-state index in [-0.39, 0.29) is 17.6 Å². The molecule has 4 nitrogen and oxygen atoms in total. The first kappa shape index (κ1) is 27.2. The number of carbonyl (C=O) groups is 2. The number of fused-ring (bicyclic) bond motifs is 1. The number of benzene rings is 4. The lowest BCUT2D eigenvalue weighted by Crippen LogP contribution is -2.36. The third-order valence-electron chi connectivity index (χ3n) is 8.99. The fourth-order valence-electron chi connectivity index (χ4n) is 6.64. The number of piperidine rings is 1. The molecule has 0 bridgehead atoms. The van der Waals surface area contributed by atoms with Crippen molar-refractivity contribution in [2.45, 2.75) is 44.6 Å². The van der Waals surface area contributed by atoms with Crippen LogP contribution in [-0.4, -0.2) is 36.2 Å². The smallest absolute Gasteiger partial charge is 0.251 e. The number of likely N-dealkylation sites (tertiary alicyclic amines) is 1. The van der Waals surface area contributed by atoms with Gasteiger partial charge in [0.05, 0.1) is 0 Å². The van der Waals surface area contributed by atoms with E-state index in [4.69, 9.17) is 0 Å². The maximum absolute atomic E-state index is 13.5. The van der Waals surface area contributed by atoms with Gasteiger partial charge in [0.15, 0.2) is 5.78 Å². The van der Waals surface area contributed by atoms with Crippen molar-refractivity contribution >= 4 is 11.7 Å². The molecule has 1 amide bonds. The number of hydrogen-bond acceptors (Lipinski definition) is 3. The van der Waals surface area contributed by atoms with Gasteiger partial charge in [-0.3, -0.25) is 9.59 Å². The number of carbonyl (C=O) groups excluding carboxylic acids is 2. The summed E-state index contributed by atoms with van der Waals surface area (Å²) < 4.78 is 0. The fraction of sp³-hybridized carbons (Fsp3) is 0.297. The van der Waals surface area contributed by atoms with Crippen LogP contribution in [0.2, 0.25) is 0 Å². The number of amides is 1. The summed E-state index contributed by atoms with van der Waals surface area (Å²) in [7, 11) is 0. The van der Waals surface area contributed by atoms with Crippen LogP contribution in [0.1, 0.15) is 69.0 Å². The van der Waals surface area contributed by atoms with E-state index in [1.54, 1.807) is 0 Å². The molecule has 1 aliphatic carbocycles. The van der Waals surface area contributed by atoms with Crippen LogP contribution >= 0.6 is 0 Å². The number of nitrogens with zero attached hydrogens (tertiary/aromatic N) is 1. The molecule has 1 aliphatic heterocycles. The molecule has 4 aromatic rings. The normalized spacial score (nSPS) is 17.7. The Labute approximate surface area is 243 Å². The van der Waals surface area contributed by atoms with Gasteiger partial charge in [0.1, 0.15) is 0 Å². The Hall–Kier alpha value is -4.02. The van der Waals surface area contributed by atoms with Crippen LogP contribution in [0.4, 0.5) is 0 Å². The van der Waals surface area contributed by atoms with Gasteiger partial charge in [0.25, 0.3) is 5.91 Å². The molecular weight excluding hydrogens is 504 g/mol. The fourth-order valence-corrected chi connectivity index (χ4v) is 6.64. The maximum atomic E-state index is 13.5. The van der Waals surface area contributed by atoms with E-state index in [1.165, 1.54) is 18.4 Å². The lowest BCUT2D eigenvalue weighted by Gasteiger charge is -2.33. The van der Waals surface area contributed by atoms with E-state index >= 15 is 0 Å². The highest BCUT2D eigenvalue weighted by Gasteiger charge is 2.31. The highest BCUT2D eigenvalue weighted by molar-refractivity contribution is 6.04. The molecule has 4 heteroatoms. The second-order valence-electron chi connectivity index (χ2n) is 11.5. The molecule has 1 unspecified atom stereocenters. The maximum Gasteiger partial charge on any atom is 0.251 e. The van der Waals surface area contributed by atoms with E-state index in [0.717, 1.165) is 66.7 Å². The molecule has 0 radical (unpaired) electrons. The molecule has 0 spiro atoms. The number of rotatable bonds is 8. The molecule has 1 saturated heterocycles. The Bertz CT molecular complexity index is 1490. The van der Waals surface area contributed by atoms with Gasteiger partial charge in [-0.25, -0.2) is 0 Å². The summed E-state index contributed by atoms with van der Waals surface area (Å²) in [6.07, 6.45) is 4.83. The summed E-state index contributed by atoms with van der Waals surface area (Å²) in [5.74, 6) is 0.768. The van der Waals surface area contributed by atoms with Crippen molar-refractivity contribution in [2.24, 2.45) is 5.92 Å². The average molecular weight is 543 g/mol. The highest BCUT2D eigenvalue weighted by atomic mass is 16.1. The van der Waals surface area contributed by atoms with Crippen LogP contribution < -0.4 is 5.32 Å². The number of Topliss-reactive ketones (excluding diaryl/α,β-unsaturated/α-hetero) is 1. The van der Waals surface area contributed by atoms with Crippen molar-refractivity contribution in [1.29, 1.82) is 0 Å². The van der Waals surface area contributed by atoms with Gasteiger partial charge >= 0.3 is 0 Å². The van der Waals surface area contributed by atoms with Gasteiger partial charge in [-0.05, 0) is 91.5 Å². The number of hydrogen-bond donors (Lipinski definition) is 1. The van der Waals surface area contributed by atoms with E-state index in [1.807, 2.05) is 48.5 Å². The van der Waals surface area contributed by atoms with E-state index < -0.39 is 0 Å². The molecule has 4 aromatic carbocycles. The zero-order chi connectivity index (χ0) is 28.0. The Morgan fingerprint density at radius 2 is 1.44 bits per heavy atom. The standard InChI is InChI=1S/C37H38N2O2/c40-36-30(22-25-39-23-20-28(21-24-39)27-10-3-1-4-11-27)18-19-33-34(36)16-9-17-35(33)37(41)38-26-31-14-7-8-15-32(31)29-12-5-2-6-13-29/h1-17,28,30H,18-26H2,(H,38,41). The molecule has 1 N–H and O–H groups in total. The van der Waals surface area contributed by atoms with Gasteiger partial charge in [-0.1, -0.05) is 97.1 Å². The van der Waals surface area contributed by atoms with Crippen LogP contribution in [-0.2, 0) is 13.0 Å². The predicted molar refractivity (Wildman–Crippen MR) is 165 cm³/mol. The topological polar surface area (TPSA) is 49.4 Å². The molecule has 208 valence electrons. The molecule has 6 rings (SSSR count). The van der Waals surface area contributed by atoms with E-state index in [2.05, 4.69) is 64.8 Å². The van der Waals surface area contributed by atoms with Crippen LogP contribution in [0.25, 0.3) is 11.1 Å². The number of nitrogens with one attached hydrogen (secondary N) is 1. The molecule has 1 fully saturated rings. The molecular formula is C37H38N2O2. The third-order valence-corrected chi connectivity index (χ3v) is 8.99. The van der Waals surface area contributed by atoms with Crippen LogP contribution in [0, 0.1) is 5.92 Å². The third kappa shape index (κ3) is 6.18.